The summed E-state index contributed by atoms with van der Waals surface area (Å²) in [6.07, 6.45) is 4.34. The molecule has 5 nitrogen and oxygen atoms in total. The van der Waals surface area contributed by atoms with Crippen LogP contribution in [0.15, 0.2) is 36.8 Å². The van der Waals surface area contributed by atoms with Crippen LogP contribution in [0.5, 0.6) is 0 Å². The van der Waals surface area contributed by atoms with Crippen LogP contribution in [-0.2, 0) is 0 Å². The molecular weight excluding hydrogens is 276 g/mol. The molecule has 1 aromatic heterocycles. The van der Waals surface area contributed by atoms with Crippen LogP contribution in [0.3, 0.4) is 0 Å². The van der Waals surface area contributed by atoms with Crippen LogP contribution in [-0.4, -0.2) is 22.4 Å². The third-order valence-corrected chi connectivity index (χ3v) is 2.67. The van der Waals surface area contributed by atoms with Crippen molar-refractivity contribution >= 4 is 23.2 Å². The molecule has 20 heavy (non-hydrogen) atoms. The number of aromatic nitrogens is 2. The Labute approximate surface area is 121 Å². The quantitative estimate of drug-likeness (QED) is 0.823. The van der Waals surface area contributed by atoms with E-state index >= 15 is 0 Å². The molecule has 0 spiro atoms. The number of halogens is 1. The van der Waals surface area contributed by atoms with E-state index < -0.39 is 0 Å². The average Bonchev–Trinajstić information content (AvgIpc) is 2.48. The number of hydrogen-bond acceptors (Lipinski definition) is 4. The summed E-state index contributed by atoms with van der Waals surface area (Å²) in [7, 11) is 0. The van der Waals surface area contributed by atoms with Gasteiger partial charge in [-0.3, -0.25) is 9.78 Å². The number of benzene rings is 1. The third-order valence-electron chi connectivity index (χ3n) is 2.35. The second-order valence-electron chi connectivity index (χ2n) is 3.75. The van der Waals surface area contributed by atoms with Crippen molar-refractivity contribution in [3.8, 4) is 11.8 Å². The molecule has 0 bridgehead atoms. The maximum Gasteiger partial charge on any atom is 0.275 e. The van der Waals surface area contributed by atoms with Gasteiger partial charge in [0, 0.05) is 23.6 Å². The summed E-state index contributed by atoms with van der Waals surface area (Å²) in [5, 5.41) is 3.21. The molecule has 100 valence electrons. The van der Waals surface area contributed by atoms with Gasteiger partial charge in [-0.25, -0.2) is 4.98 Å². The molecule has 1 amide bonds. The van der Waals surface area contributed by atoms with E-state index in [0.29, 0.717) is 16.3 Å². The van der Waals surface area contributed by atoms with Crippen molar-refractivity contribution < 1.29 is 4.79 Å². The molecule has 2 aromatic rings. The fourth-order valence-corrected chi connectivity index (χ4v) is 1.62. The fraction of sp³-hybridized carbons (Fsp3) is 0.0714. The van der Waals surface area contributed by atoms with E-state index in [2.05, 4.69) is 27.1 Å². The summed E-state index contributed by atoms with van der Waals surface area (Å²) < 4.78 is 0. The summed E-state index contributed by atoms with van der Waals surface area (Å²) in [5.74, 6) is 5.21. The highest BCUT2D eigenvalue weighted by Crippen LogP contribution is 2.20. The molecule has 3 N–H and O–H groups in total. The first-order valence-corrected chi connectivity index (χ1v) is 6.14. The molecule has 1 heterocycles. The zero-order valence-corrected chi connectivity index (χ0v) is 11.2. The Morgan fingerprint density at radius 2 is 2.25 bits per heavy atom. The van der Waals surface area contributed by atoms with Crippen LogP contribution in [0.25, 0.3) is 0 Å². The van der Waals surface area contributed by atoms with Crippen LogP contribution in [0.4, 0.5) is 5.69 Å². The lowest BCUT2D eigenvalue weighted by atomic mass is 10.2. The molecule has 0 saturated carbocycles. The monoisotopic (exact) mass is 286 g/mol. The lowest BCUT2D eigenvalue weighted by Gasteiger charge is -2.05. The Kier molecular flexibility index (Phi) is 4.66. The number of anilines is 1. The van der Waals surface area contributed by atoms with Crippen LogP contribution in [0.1, 0.15) is 16.1 Å². The molecule has 0 fully saturated rings. The largest absolute Gasteiger partial charge is 0.321 e. The molecule has 0 unspecified atom stereocenters. The third kappa shape index (κ3) is 3.54. The SMILES string of the molecule is NCC#Cc1cc(NC(=O)c2cnccn2)ccc1Cl. The van der Waals surface area contributed by atoms with E-state index in [1.807, 2.05) is 0 Å². The van der Waals surface area contributed by atoms with Gasteiger partial charge in [0.05, 0.1) is 17.8 Å². The van der Waals surface area contributed by atoms with E-state index in [1.165, 1.54) is 18.6 Å². The molecular formula is C14H11ClN4O. The summed E-state index contributed by atoms with van der Waals surface area (Å²) in [4.78, 5) is 19.7. The minimum absolute atomic E-state index is 0.233. The number of carbonyl (C=O) groups excluding carboxylic acids is 1. The zero-order chi connectivity index (χ0) is 14.4. The van der Waals surface area contributed by atoms with Gasteiger partial charge >= 0.3 is 0 Å². The molecule has 2 rings (SSSR count). The Bertz CT molecular complexity index is 677. The number of hydrogen-bond donors (Lipinski definition) is 2. The second-order valence-corrected chi connectivity index (χ2v) is 4.15. The van der Waals surface area contributed by atoms with Gasteiger partial charge in [-0.05, 0) is 18.2 Å². The van der Waals surface area contributed by atoms with Crippen molar-refractivity contribution in [2.45, 2.75) is 0 Å². The normalized spacial score (nSPS) is 9.50. The van der Waals surface area contributed by atoms with Crippen LogP contribution in [0.2, 0.25) is 5.02 Å². The molecule has 6 heteroatoms. The van der Waals surface area contributed by atoms with Crippen LogP contribution in [0, 0.1) is 11.8 Å². The predicted octanol–water partition coefficient (Wildman–Crippen LogP) is 1.69. The van der Waals surface area contributed by atoms with Crippen molar-refractivity contribution in [1.29, 1.82) is 0 Å². The second kappa shape index (κ2) is 6.66. The highest BCUT2D eigenvalue weighted by molar-refractivity contribution is 6.31. The summed E-state index contributed by atoms with van der Waals surface area (Å²) in [6, 6.07) is 5.03. The maximum atomic E-state index is 11.9. The maximum absolute atomic E-state index is 11.9. The minimum atomic E-state index is -0.349. The molecule has 0 atom stereocenters. The van der Waals surface area contributed by atoms with Gasteiger partial charge in [0.15, 0.2) is 0 Å². The van der Waals surface area contributed by atoms with E-state index in [-0.39, 0.29) is 18.1 Å². The van der Waals surface area contributed by atoms with Crippen LogP contribution >= 0.6 is 11.6 Å². The van der Waals surface area contributed by atoms with Gasteiger partial charge in [-0.15, -0.1) is 0 Å². The highest BCUT2D eigenvalue weighted by Gasteiger charge is 2.08. The van der Waals surface area contributed by atoms with Gasteiger partial charge < -0.3 is 11.1 Å². The lowest BCUT2D eigenvalue weighted by Crippen LogP contribution is -2.13. The van der Waals surface area contributed by atoms with Gasteiger partial charge in [0.1, 0.15) is 5.69 Å². The topological polar surface area (TPSA) is 80.9 Å². The molecule has 0 saturated heterocycles. The summed E-state index contributed by atoms with van der Waals surface area (Å²) in [5.41, 5.74) is 6.73. The Hall–Kier alpha value is -2.42. The van der Waals surface area contributed by atoms with Crippen molar-refractivity contribution in [3.05, 3.63) is 53.1 Å². The van der Waals surface area contributed by atoms with Gasteiger partial charge in [0.2, 0.25) is 0 Å². The smallest absolute Gasteiger partial charge is 0.275 e. The van der Waals surface area contributed by atoms with E-state index in [1.54, 1.807) is 18.2 Å². The fourth-order valence-electron chi connectivity index (χ4n) is 1.46. The Morgan fingerprint density at radius 1 is 1.40 bits per heavy atom. The van der Waals surface area contributed by atoms with Gasteiger partial charge in [0.25, 0.3) is 5.91 Å². The van der Waals surface area contributed by atoms with Crippen molar-refractivity contribution in [2.24, 2.45) is 5.73 Å². The number of nitrogens with one attached hydrogen (secondary N) is 1. The summed E-state index contributed by atoms with van der Waals surface area (Å²) >= 11 is 6.01. The molecule has 0 radical (unpaired) electrons. The van der Waals surface area contributed by atoms with Crippen molar-refractivity contribution in [1.82, 2.24) is 9.97 Å². The summed E-state index contributed by atoms with van der Waals surface area (Å²) in [6.45, 7) is 0.243. The number of amides is 1. The zero-order valence-electron chi connectivity index (χ0n) is 10.4. The van der Waals surface area contributed by atoms with Crippen molar-refractivity contribution in [2.75, 3.05) is 11.9 Å². The average molecular weight is 287 g/mol. The first-order valence-electron chi connectivity index (χ1n) is 5.76. The molecule has 0 aliphatic rings. The molecule has 1 aromatic carbocycles. The minimum Gasteiger partial charge on any atom is -0.321 e. The number of nitrogens with two attached hydrogens (primary N) is 1. The van der Waals surface area contributed by atoms with Gasteiger partial charge in [-0.2, -0.15) is 0 Å². The van der Waals surface area contributed by atoms with E-state index in [0.717, 1.165) is 0 Å². The number of rotatable bonds is 2. The lowest BCUT2D eigenvalue weighted by molar-refractivity contribution is 0.102. The first kappa shape index (κ1) is 14.0. The predicted molar refractivity (Wildman–Crippen MR) is 77.4 cm³/mol. The molecule has 0 aliphatic heterocycles. The van der Waals surface area contributed by atoms with E-state index in [4.69, 9.17) is 17.3 Å². The molecule has 0 aliphatic carbocycles. The Balaban J connectivity index is 2.20. The Morgan fingerprint density at radius 3 is 2.95 bits per heavy atom. The van der Waals surface area contributed by atoms with Gasteiger partial charge in [-0.1, -0.05) is 23.4 Å². The van der Waals surface area contributed by atoms with E-state index in [9.17, 15) is 4.79 Å². The van der Waals surface area contributed by atoms with Crippen molar-refractivity contribution in [3.63, 3.8) is 0 Å². The highest BCUT2D eigenvalue weighted by atomic mass is 35.5. The standard InChI is InChI=1S/C14H11ClN4O/c15-12-4-3-11(8-10(12)2-1-5-16)19-14(20)13-9-17-6-7-18-13/h3-4,6-9H,5,16H2,(H,19,20). The number of nitrogens with zero attached hydrogens (tertiary/aromatic N) is 2. The first-order chi connectivity index (χ1) is 9.70. The van der Waals surface area contributed by atoms with Crippen LogP contribution < -0.4 is 11.1 Å². The number of carbonyl (C=O) groups is 1.